The molecule has 0 aromatic heterocycles. The van der Waals surface area contributed by atoms with E-state index in [1.807, 2.05) is 19.0 Å². The third-order valence-corrected chi connectivity index (χ3v) is 7.72. The Balaban J connectivity index is 1.69. The maximum atomic E-state index is 13.4. The molecule has 13 nitrogen and oxygen atoms in total. The zero-order valence-corrected chi connectivity index (χ0v) is 23.8. The molecule has 2 atom stereocenters. The van der Waals surface area contributed by atoms with Crippen molar-refractivity contribution >= 4 is 42.9 Å². The summed E-state index contributed by atoms with van der Waals surface area (Å²) in [6, 6.07) is 9.90. The summed E-state index contributed by atoms with van der Waals surface area (Å²) in [6.07, 6.45) is 0. The molecule has 1 amide bonds. The number of nitroso groups, excluding NO2 is 1. The lowest BCUT2D eigenvalue weighted by Gasteiger charge is -2.37. The van der Waals surface area contributed by atoms with E-state index in [-0.39, 0.29) is 61.2 Å². The number of benzene rings is 3. The number of amides is 1. The fourth-order valence-electron chi connectivity index (χ4n) is 4.66. The third kappa shape index (κ3) is 5.01. The summed E-state index contributed by atoms with van der Waals surface area (Å²) < 4.78 is 32.6. The highest BCUT2D eigenvalue weighted by Gasteiger charge is 2.54. The smallest absolute Gasteiger partial charge is 0.456 e. The number of carbonyl (C=O) groups is 2. The summed E-state index contributed by atoms with van der Waals surface area (Å²) in [6.45, 7) is 1.02. The highest BCUT2D eigenvalue weighted by molar-refractivity contribution is 7.55. The van der Waals surface area contributed by atoms with Gasteiger partial charge in [-0.3, -0.25) is 4.79 Å². The van der Waals surface area contributed by atoms with Gasteiger partial charge in [0.05, 0.1) is 15.6 Å². The molecule has 0 aliphatic carbocycles. The van der Waals surface area contributed by atoms with Crippen LogP contribution in [0.25, 0.3) is 0 Å². The first kappa shape index (κ1) is 28.8. The van der Waals surface area contributed by atoms with Crippen molar-refractivity contribution in [3.63, 3.8) is 0 Å². The summed E-state index contributed by atoms with van der Waals surface area (Å²) in [4.78, 5) is 42.6. The number of nitrogens with two attached hydrogens (primary N) is 1. The van der Waals surface area contributed by atoms with E-state index in [2.05, 4.69) is 9.64 Å². The van der Waals surface area contributed by atoms with E-state index in [1.165, 1.54) is 30.3 Å². The number of hydrogen-bond acceptors (Lipinski definition) is 10. The minimum atomic E-state index is -4.82. The number of likely N-dealkylation sites (N-methyl/N-ethyl adjacent to an activating group) is 1. The van der Waals surface area contributed by atoms with Crippen molar-refractivity contribution < 1.29 is 37.9 Å². The molecule has 214 valence electrons. The van der Waals surface area contributed by atoms with Crippen LogP contribution in [-0.2, 0) is 14.9 Å². The van der Waals surface area contributed by atoms with Crippen LogP contribution < -0.4 is 25.3 Å². The summed E-state index contributed by atoms with van der Waals surface area (Å²) in [7, 11) is -1.07. The summed E-state index contributed by atoms with van der Waals surface area (Å²) in [5.74, 6) is 4.07. The largest absolute Gasteiger partial charge is 0.857 e. The van der Waals surface area contributed by atoms with Gasteiger partial charge in [0.2, 0.25) is 0 Å². The van der Waals surface area contributed by atoms with Crippen LogP contribution in [0.3, 0.4) is 0 Å². The quantitative estimate of drug-likeness (QED) is 0.121. The van der Waals surface area contributed by atoms with Gasteiger partial charge in [0.1, 0.15) is 17.1 Å². The molecule has 2 heterocycles. The monoisotopic (exact) mass is 623 g/mol. The Hall–Kier alpha value is -3.71. The third-order valence-electron chi connectivity index (χ3n) is 6.47. The van der Waals surface area contributed by atoms with Crippen LogP contribution in [0.1, 0.15) is 37.4 Å². The number of rotatable bonds is 8. The van der Waals surface area contributed by atoms with Crippen molar-refractivity contribution in [1.82, 2.24) is 10.2 Å². The van der Waals surface area contributed by atoms with Gasteiger partial charge in [0.25, 0.3) is 5.91 Å². The molecule has 0 bridgehead atoms. The molecule has 2 aliphatic heterocycles. The summed E-state index contributed by atoms with van der Waals surface area (Å²) in [5.41, 5.74) is 6.30. The Morgan fingerprint density at radius 3 is 2.37 bits per heavy atom. The average molecular weight is 624 g/mol. The number of esters is 1. The van der Waals surface area contributed by atoms with Crippen LogP contribution in [-0.4, -0.2) is 48.9 Å². The van der Waals surface area contributed by atoms with Gasteiger partial charge in [-0.15, -0.1) is 0 Å². The Morgan fingerprint density at radius 2 is 1.76 bits per heavy atom. The molecule has 3 aromatic rings. The van der Waals surface area contributed by atoms with E-state index in [1.54, 1.807) is 12.1 Å². The average Bonchev–Trinajstić information content (AvgIpc) is 3.21. The van der Waals surface area contributed by atoms with E-state index >= 15 is 0 Å². The lowest BCUT2D eigenvalue weighted by atomic mass is 9.77. The minimum absolute atomic E-state index is 0.0123. The van der Waals surface area contributed by atoms with Crippen molar-refractivity contribution in [2.45, 2.75) is 5.60 Å². The topological polar surface area (TPSA) is 185 Å². The molecule has 5 rings (SSSR count). The summed E-state index contributed by atoms with van der Waals surface area (Å²) >= 11 is 12.8. The first-order valence-corrected chi connectivity index (χ1v) is 14.1. The second kappa shape index (κ2) is 10.6. The predicted molar refractivity (Wildman–Crippen MR) is 147 cm³/mol. The van der Waals surface area contributed by atoms with Crippen molar-refractivity contribution in [2.24, 2.45) is 5.90 Å². The van der Waals surface area contributed by atoms with Gasteiger partial charge < -0.3 is 29.1 Å². The second-order valence-corrected chi connectivity index (χ2v) is 11.4. The Bertz CT molecular complexity index is 1670. The molecule has 1 spiro atoms. The lowest BCUT2D eigenvalue weighted by molar-refractivity contribution is 0.0224. The molecule has 0 saturated heterocycles. The van der Waals surface area contributed by atoms with E-state index in [9.17, 15) is 19.0 Å². The fourth-order valence-corrected chi connectivity index (χ4v) is 5.56. The number of nitrogens with zero attached hydrogens (tertiary/aromatic N) is 1. The van der Waals surface area contributed by atoms with Crippen molar-refractivity contribution in [3.8, 4) is 23.0 Å². The normalized spacial score (nSPS) is 18.0. The molecule has 2 aliphatic rings. The van der Waals surface area contributed by atoms with E-state index in [0.717, 1.165) is 0 Å². The molecular weight excluding hydrogens is 602 g/mol. The Labute approximate surface area is 242 Å². The Kier molecular flexibility index (Phi) is 7.45. The number of phosphoric ester groups is 1. The molecule has 2 unspecified atom stereocenters. The van der Waals surface area contributed by atoms with Gasteiger partial charge in [-0.25, -0.2) is 9.69 Å². The number of carbonyl (C=O) groups excluding carboxylic acids is 2. The van der Waals surface area contributed by atoms with Crippen LogP contribution in [0.4, 0.5) is 0 Å². The van der Waals surface area contributed by atoms with Gasteiger partial charge in [-0.05, 0) is 42.7 Å². The zero-order chi connectivity index (χ0) is 29.7. The van der Waals surface area contributed by atoms with Crippen LogP contribution in [0.15, 0.2) is 42.5 Å². The van der Waals surface area contributed by atoms with Crippen LogP contribution in [0.2, 0.25) is 10.0 Å². The SMILES string of the molecule is CN(C)CCNC(=O)c1ccc2c(c1)C(=O)OC21c2cc(Cl)c(ON)cc2Oc2cc(OP(=O)(O)[O+]=N)c(Cl)cc21. The molecule has 0 fully saturated rings. The van der Waals surface area contributed by atoms with Crippen LogP contribution in [0, 0.1) is 9.92 Å². The number of phosphoric acid groups is 1. The second-order valence-electron chi connectivity index (χ2n) is 9.32. The van der Waals surface area contributed by atoms with Crippen LogP contribution in [0.5, 0.6) is 23.0 Å². The van der Waals surface area contributed by atoms with E-state index in [4.69, 9.17) is 53.5 Å². The number of hydrogen-bond donors (Lipinski definition) is 4. The van der Waals surface area contributed by atoms with Gasteiger partial charge in [0.15, 0.2) is 17.1 Å². The molecule has 0 saturated carbocycles. The standard InChI is InChI=1S/C25H21Cl2N4O9P/c1-31(2)6-5-30-23(32)12-3-4-14-13(7-12)24(33)37-25(14)15-8-17(26)21(38-28)10-19(15)36-20-11-22(18(27)9-16(20)25)39-41(34,35)40-29/h3-4,7-11,29H,5-6,28H2,1-2H3,(H-,30,32,34,35)/p+1. The highest BCUT2D eigenvalue weighted by Crippen LogP contribution is 2.59. The fraction of sp³-hybridized carbons (Fsp3) is 0.200. The number of halogens is 2. The number of ether oxygens (including phenoxy) is 2. The van der Waals surface area contributed by atoms with Crippen LogP contribution >= 0.6 is 31.0 Å². The molecule has 5 N–H and O–H groups in total. The summed E-state index contributed by atoms with van der Waals surface area (Å²) in [5, 5.41) is 2.70. The van der Waals surface area contributed by atoms with Crippen molar-refractivity contribution in [1.29, 1.82) is 5.59 Å². The van der Waals surface area contributed by atoms with E-state index < -0.39 is 19.4 Å². The first-order chi connectivity index (χ1) is 19.4. The molecule has 16 heteroatoms. The zero-order valence-electron chi connectivity index (χ0n) is 21.4. The highest BCUT2D eigenvalue weighted by atomic mass is 35.5. The predicted octanol–water partition coefficient (Wildman–Crippen LogP) is 4.47. The van der Waals surface area contributed by atoms with Crippen molar-refractivity contribution in [3.05, 3.63) is 84.7 Å². The minimum Gasteiger partial charge on any atom is -0.456 e. The van der Waals surface area contributed by atoms with Gasteiger partial charge in [-0.1, -0.05) is 29.3 Å². The van der Waals surface area contributed by atoms with Gasteiger partial charge >= 0.3 is 13.8 Å². The van der Waals surface area contributed by atoms with Crippen molar-refractivity contribution in [2.75, 3.05) is 27.2 Å². The maximum absolute atomic E-state index is 13.4. The lowest BCUT2D eigenvalue weighted by Crippen LogP contribution is -2.33. The maximum Gasteiger partial charge on any atom is 0.857 e. The molecular formula is C25H22Cl2N4O9P+. The molecule has 0 radical (unpaired) electrons. The molecule has 3 aromatic carbocycles. The number of fused-ring (bicyclic) bond motifs is 6. The Morgan fingerprint density at radius 1 is 1.12 bits per heavy atom. The van der Waals surface area contributed by atoms with Gasteiger partial charge in [0, 0.05) is 47.5 Å². The first-order valence-electron chi connectivity index (χ1n) is 11.8. The van der Waals surface area contributed by atoms with Gasteiger partial charge in [-0.2, -0.15) is 10.5 Å². The molecule has 41 heavy (non-hydrogen) atoms. The number of nitrogens with one attached hydrogen (secondary N) is 2. The van der Waals surface area contributed by atoms with E-state index in [0.29, 0.717) is 18.7 Å².